The monoisotopic (exact) mass is 419 g/mol. The van der Waals surface area contributed by atoms with E-state index in [1.807, 2.05) is 35.2 Å². The Morgan fingerprint density at radius 3 is 2.68 bits per heavy atom. The van der Waals surface area contributed by atoms with E-state index in [1.54, 1.807) is 6.08 Å². The molecule has 4 rings (SSSR count). The Labute approximate surface area is 185 Å². The van der Waals surface area contributed by atoms with Crippen molar-refractivity contribution < 1.29 is 9.59 Å². The van der Waals surface area contributed by atoms with E-state index >= 15 is 0 Å². The molecule has 0 atom stereocenters. The van der Waals surface area contributed by atoms with Crippen molar-refractivity contribution in [3.63, 3.8) is 0 Å². The fourth-order valence-corrected chi connectivity index (χ4v) is 5.06. The molecule has 0 spiro atoms. The van der Waals surface area contributed by atoms with Gasteiger partial charge in [-0.2, -0.15) is 0 Å². The SMILES string of the molecule is Cc1cc(/C=C/C(=O)Nc2cccc(CN3CCCC3=O)c2)c(C)n1C1CCCCC1. The van der Waals surface area contributed by atoms with E-state index in [2.05, 4.69) is 29.8 Å². The number of nitrogens with zero attached hydrogens (tertiary/aromatic N) is 2. The molecule has 164 valence electrons. The zero-order chi connectivity index (χ0) is 21.8. The van der Waals surface area contributed by atoms with Gasteiger partial charge in [0, 0.05) is 48.7 Å². The van der Waals surface area contributed by atoms with Crippen LogP contribution in [0.15, 0.2) is 36.4 Å². The fourth-order valence-electron chi connectivity index (χ4n) is 5.06. The zero-order valence-corrected chi connectivity index (χ0v) is 18.7. The van der Waals surface area contributed by atoms with Crippen LogP contribution in [-0.2, 0) is 16.1 Å². The molecule has 0 radical (unpaired) electrons. The lowest BCUT2D eigenvalue weighted by Gasteiger charge is -2.26. The van der Waals surface area contributed by atoms with Gasteiger partial charge in [0.2, 0.25) is 11.8 Å². The Morgan fingerprint density at radius 2 is 1.94 bits per heavy atom. The molecule has 2 aliphatic rings. The number of carbonyl (C=O) groups excluding carboxylic acids is 2. The molecular formula is C26H33N3O2. The molecule has 1 saturated heterocycles. The lowest BCUT2D eigenvalue weighted by atomic mass is 9.95. The average Bonchev–Trinajstić information content (AvgIpc) is 3.29. The summed E-state index contributed by atoms with van der Waals surface area (Å²) in [4.78, 5) is 26.3. The molecule has 5 nitrogen and oxygen atoms in total. The summed E-state index contributed by atoms with van der Waals surface area (Å²) >= 11 is 0. The van der Waals surface area contributed by atoms with Crippen LogP contribution in [0.1, 0.15) is 73.5 Å². The second kappa shape index (κ2) is 9.54. The first-order chi connectivity index (χ1) is 15.0. The number of hydrogen-bond acceptors (Lipinski definition) is 2. The van der Waals surface area contributed by atoms with Crippen molar-refractivity contribution in [3.8, 4) is 0 Å². The van der Waals surface area contributed by atoms with Crippen molar-refractivity contribution in [2.24, 2.45) is 0 Å². The topological polar surface area (TPSA) is 54.3 Å². The molecular weight excluding hydrogens is 386 g/mol. The van der Waals surface area contributed by atoms with Crippen LogP contribution in [0.25, 0.3) is 6.08 Å². The molecule has 1 aliphatic heterocycles. The van der Waals surface area contributed by atoms with Gasteiger partial charge in [0.25, 0.3) is 0 Å². The fraction of sp³-hybridized carbons (Fsp3) is 0.462. The van der Waals surface area contributed by atoms with Gasteiger partial charge in [0.15, 0.2) is 0 Å². The predicted octanol–water partition coefficient (Wildman–Crippen LogP) is 5.38. The van der Waals surface area contributed by atoms with E-state index in [0.717, 1.165) is 29.8 Å². The molecule has 0 unspecified atom stereocenters. The van der Waals surface area contributed by atoms with E-state index in [0.29, 0.717) is 19.0 Å². The first-order valence-electron chi connectivity index (χ1n) is 11.6. The van der Waals surface area contributed by atoms with Crippen molar-refractivity contribution in [3.05, 3.63) is 58.9 Å². The summed E-state index contributed by atoms with van der Waals surface area (Å²) in [7, 11) is 0. The lowest BCUT2D eigenvalue weighted by molar-refractivity contribution is -0.128. The molecule has 1 aliphatic carbocycles. The van der Waals surface area contributed by atoms with Gasteiger partial charge in [0.1, 0.15) is 0 Å². The number of amides is 2. The highest BCUT2D eigenvalue weighted by Gasteiger charge is 2.20. The first-order valence-corrected chi connectivity index (χ1v) is 11.6. The van der Waals surface area contributed by atoms with Crippen LogP contribution in [0.3, 0.4) is 0 Å². The summed E-state index contributed by atoms with van der Waals surface area (Å²) in [6, 6.07) is 10.5. The highest BCUT2D eigenvalue weighted by molar-refractivity contribution is 6.02. The molecule has 2 aromatic rings. The van der Waals surface area contributed by atoms with Crippen molar-refractivity contribution in [2.75, 3.05) is 11.9 Å². The number of likely N-dealkylation sites (tertiary alicyclic amines) is 1. The molecule has 1 saturated carbocycles. The first kappa shape index (κ1) is 21.4. The van der Waals surface area contributed by atoms with E-state index in [9.17, 15) is 9.59 Å². The third-order valence-electron chi connectivity index (χ3n) is 6.62. The van der Waals surface area contributed by atoms with E-state index in [1.165, 1.54) is 43.5 Å². The molecule has 2 fully saturated rings. The number of carbonyl (C=O) groups is 2. The minimum absolute atomic E-state index is 0.142. The zero-order valence-electron chi connectivity index (χ0n) is 18.7. The van der Waals surface area contributed by atoms with Crippen molar-refractivity contribution in [1.29, 1.82) is 0 Å². The molecule has 2 heterocycles. The minimum atomic E-state index is -0.142. The van der Waals surface area contributed by atoms with Gasteiger partial charge < -0.3 is 14.8 Å². The third-order valence-corrected chi connectivity index (χ3v) is 6.62. The normalized spacial score (nSPS) is 17.6. The second-order valence-electron chi connectivity index (χ2n) is 8.93. The quantitative estimate of drug-likeness (QED) is 0.639. The van der Waals surface area contributed by atoms with Crippen LogP contribution in [0.5, 0.6) is 0 Å². The van der Waals surface area contributed by atoms with Gasteiger partial charge in [-0.3, -0.25) is 9.59 Å². The molecule has 1 N–H and O–H groups in total. The smallest absolute Gasteiger partial charge is 0.248 e. The number of anilines is 1. The number of rotatable bonds is 6. The van der Waals surface area contributed by atoms with Gasteiger partial charge in [0.05, 0.1) is 0 Å². The summed E-state index contributed by atoms with van der Waals surface area (Å²) in [6.07, 6.45) is 11.6. The number of hydrogen-bond donors (Lipinski definition) is 1. The third kappa shape index (κ3) is 5.09. The molecule has 31 heavy (non-hydrogen) atoms. The summed E-state index contributed by atoms with van der Waals surface area (Å²) in [5.74, 6) is 0.0695. The molecule has 5 heteroatoms. The van der Waals surface area contributed by atoms with Crippen molar-refractivity contribution in [2.45, 2.75) is 71.4 Å². The Bertz CT molecular complexity index is 983. The summed E-state index contributed by atoms with van der Waals surface area (Å²) < 4.78 is 2.46. The van der Waals surface area contributed by atoms with Gasteiger partial charge in [-0.25, -0.2) is 0 Å². The highest BCUT2D eigenvalue weighted by Crippen LogP contribution is 2.32. The summed E-state index contributed by atoms with van der Waals surface area (Å²) in [5, 5.41) is 2.96. The van der Waals surface area contributed by atoms with Crippen LogP contribution in [0.2, 0.25) is 0 Å². The van der Waals surface area contributed by atoms with Crippen LogP contribution in [0, 0.1) is 13.8 Å². The summed E-state index contributed by atoms with van der Waals surface area (Å²) in [6.45, 7) is 5.74. The standard InChI is InChI=1S/C26H33N3O2/c1-19-16-22(20(2)29(19)24-10-4-3-5-11-24)13-14-25(30)27-23-9-6-8-21(17-23)18-28-15-7-12-26(28)31/h6,8-9,13-14,16-17,24H,3-5,7,10-12,15,18H2,1-2H3,(H,27,30)/b14-13+. The lowest BCUT2D eigenvalue weighted by Crippen LogP contribution is -2.23. The Balaban J connectivity index is 1.40. The maximum Gasteiger partial charge on any atom is 0.248 e. The van der Waals surface area contributed by atoms with Gasteiger partial charge in [-0.05, 0) is 68.5 Å². The Kier molecular flexibility index (Phi) is 6.59. The maximum atomic E-state index is 12.5. The Morgan fingerprint density at radius 1 is 1.13 bits per heavy atom. The van der Waals surface area contributed by atoms with Crippen molar-refractivity contribution >= 4 is 23.6 Å². The van der Waals surface area contributed by atoms with Crippen LogP contribution in [0.4, 0.5) is 5.69 Å². The second-order valence-corrected chi connectivity index (χ2v) is 8.93. The number of nitrogens with one attached hydrogen (secondary N) is 1. The average molecular weight is 420 g/mol. The molecule has 1 aromatic carbocycles. The van der Waals surface area contributed by atoms with Gasteiger partial charge in [-0.1, -0.05) is 31.4 Å². The van der Waals surface area contributed by atoms with Gasteiger partial charge in [-0.15, -0.1) is 0 Å². The van der Waals surface area contributed by atoms with E-state index < -0.39 is 0 Å². The van der Waals surface area contributed by atoms with Crippen LogP contribution >= 0.6 is 0 Å². The van der Waals surface area contributed by atoms with Crippen LogP contribution in [-0.4, -0.2) is 27.8 Å². The van der Waals surface area contributed by atoms with Crippen LogP contribution < -0.4 is 5.32 Å². The minimum Gasteiger partial charge on any atom is -0.346 e. The number of aryl methyl sites for hydroxylation is 1. The molecule has 0 bridgehead atoms. The Hall–Kier alpha value is -2.82. The predicted molar refractivity (Wildman–Crippen MR) is 125 cm³/mol. The van der Waals surface area contributed by atoms with Crippen molar-refractivity contribution in [1.82, 2.24) is 9.47 Å². The summed E-state index contributed by atoms with van der Waals surface area (Å²) in [5.41, 5.74) is 5.42. The number of aromatic nitrogens is 1. The van der Waals surface area contributed by atoms with Gasteiger partial charge >= 0.3 is 0 Å². The number of benzene rings is 1. The van der Waals surface area contributed by atoms with E-state index in [-0.39, 0.29) is 11.8 Å². The largest absolute Gasteiger partial charge is 0.346 e. The molecule has 2 amide bonds. The highest BCUT2D eigenvalue weighted by atomic mass is 16.2. The molecule has 1 aromatic heterocycles. The maximum absolute atomic E-state index is 12.5. The van der Waals surface area contributed by atoms with E-state index in [4.69, 9.17) is 0 Å².